The zero-order chi connectivity index (χ0) is 19.3. The van der Waals surface area contributed by atoms with Gasteiger partial charge in [-0.2, -0.15) is 0 Å². The Labute approximate surface area is 150 Å². The predicted octanol–water partition coefficient (Wildman–Crippen LogP) is 2.58. The Bertz CT molecular complexity index is 816. The molecule has 7 nitrogen and oxygen atoms in total. The number of ether oxygens (including phenoxy) is 2. The second-order valence-electron chi connectivity index (χ2n) is 5.39. The van der Waals surface area contributed by atoms with Gasteiger partial charge in [-0.1, -0.05) is 12.2 Å². The number of allylic oxidation sites excluding steroid dienone is 2. The molecule has 0 aliphatic heterocycles. The Kier molecular flexibility index (Phi) is 5.74. The number of ketones is 1. The fourth-order valence-electron chi connectivity index (χ4n) is 2.22. The first kappa shape index (κ1) is 18.7. The Morgan fingerprint density at radius 3 is 1.58 bits per heavy atom. The van der Waals surface area contributed by atoms with Crippen molar-refractivity contribution in [2.45, 2.75) is 0 Å². The van der Waals surface area contributed by atoms with Crippen LogP contribution < -0.4 is 20.9 Å². The monoisotopic (exact) mass is 356 g/mol. The third kappa shape index (κ3) is 4.27. The molecule has 0 aliphatic carbocycles. The molecule has 6 N–H and O–H groups in total. The molecule has 0 radical (unpaired) electrons. The second kappa shape index (κ2) is 7.98. The molecule has 0 atom stereocenters. The van der Waals surface area contributed by atoms with E-state index >= 15 is 0 Å². The van der Waals surface area contributed by atoms with Gasteiger partial charge < -0.3 is 31.2 Å². The van der Waals surface area contributed by atoms with Crippen LogP contribution in [0.3, 0.4) is 0 Å². The number of rotatable bonds is 6. The number of phenolic OH excluding ortho intramolecular Hbond substituents is 2. The molecule has 136 valence electrons. The van der Waals surface area contributed by atoms with Crippen molar-refractivity contribution in [3.05, 3.63) is 47.5 Å². The highest BCUT2D eigenvalue weighted by Gasteiger charge is 2.08. The maximum atomic E-state index is 12.0. The third-order valence-electron chi connectivity index (χ3n) is 3.57. The Morgan fingerprint density at radius 2 is 1.23 bits per heavy atom. The van der Waals surface area contributed by atoms with Gasteiger partial charge in [-0.15, -0.1) is 0 Å². The summed E-state index contributed by atoms with van der Waals surface area (Å²) in [6.45, 7) is 0. The minimum Gasteiger partial charge on any atom is -0.503 e. The average molecular weight is 356 g/mol. The molecule has 0 spiro atoms. The summed E-state index contributed by atoms with van der Waals surface area (Å²) in [7, 11) is 2.82. The van der Waals surface area contributed by atoms with Gasteiger partial charge in [0, 0.05) is 0 Å². The lowest BCUT2D eigenvalue weighted by molar-refractivity contribution is -0.110. The number of phenols is 2. The van der Waals surface area contributed by atoms with Crippen molar-refractivity contribution in [1.29, 1.82) is 0 Å². The van der Waals surface area contributed by atoms with Crippen molar-refractivity contribution >= 4 is 29.3 Å². The molecule has 0 aromatic heterocycles. The number of carbonyl (C=O) groups excluding carboxylic acids is 1. The van der Waals surface area contributed by atoms with Gasteiger partial charge in [0.2, 0.25) is 0 Å². The van der Waals surface area contributed by atoms with E-state index in [2.05, 4.69) is 0 Å². The summed E-state index contributed by atoms with van der Waals surface area (Å²) in [5, 5.41) is 19.4. The predicted molar refractivity (Wildman–Crippen MR) is 101 cm³/mol. The molecule has 2 aromatic rings. The molecule has 2 aromatic carbocycles. The van der Waals surface area contributed by atoms with Crippen LogP contribution in [0.4, 0.5) is 11.4 Å². The van der Waals surface area contributed by atoms with Gasteiger partial charge in [0.25, 0.3) is 0 Å². The van der Waals surface area contributed by atoms with Crippen molar-refractivity contribution in [2.75, 3.05) is 25.7 Å². The topological polar surface area (TPSA) is 128 Å². The number of hydrogen-bond donors (Lipinski definition) is 4. The van der Waals surface area contributed by atoms with Gasteiger partial charge in [-0.3, -0.25) is 4.79 Å². The summed E-state index contributed by atoms with van der Waals surface area (Å²) in [5.74, 6) is -0.121. The molecular formula is C19H20N2O5. The fourth-order valence-corrected chi connectivity index (χ4v) is 2.22. The minimum atomic E-state index is -0.277. The number of carbonyl (C=O) groups is 1. The van der Waals surface area contributed by atoms with Crippen LogP contribution in [-0.4, -0.2) is 30.2 Å². The highest BCUT2D eigenvalue weighted by atomic mass is 16.5. The number of methoxy groups -OCH3 is 2. The lowest BCUT2D eigenvalue weighted by Crippen LogP contribution is -1.93. The van der Waals surface area contributed by atoms with Crippen LogP contribution >= 0.6 is 0 Å². The molecule has 0 fully saturated rings. The zero-order valence-corrected chi connectivity index (χ0v) is 14.4. The highest BCUT2D eigenvalue weighted by molar-refractivity contribution is 6.04. The standard InChI is InChI=1S/C19H20N2O5/c1-25-16-9-11(7-14(20)18(16)23)3-5-13(22)6-4-12-8-15(21)19(24)17(10-12)26-2/h3-10,23-24H,20-21H2,1-2H3/b5-3+,6-4+. The average Bonchev–Trinajstić information content (AvgIpc) is 2.63. The molecule has 26 heavy (non-hydrogen) atoms. The van der Waals surface area contributed by atoms with E-state index in [9.17, 15) is 15.0 Å². The van der Waals surface area contributed by atoms with Gasteiger partial charge in [-0.25, -0.2) is 0 Å². The molecule has 0 aliphatic rings. The van der Waals surface area contributed by atoms with Gasteiger partial charge in [0.15, 0.2) is 28.8 Å². The Hall–Kier alpha value is -3.61. The summed E-state index contributed by atoms with van der Waals surface area (Å²) in [6, 6.07) is 6.17. The van der Waals surface area contributed by atoms with Crippen LogP contribution in [0.2, 0.25) is 0 Å². The summed E-state index contributed by atoms with van der Waals surface area (Å²) in [6.07, 6.45) is 5.80. The first-order valence-corrected chi connectivity index (χ1v) is 7.58. The second-order valence-corrected chi connectivity index (χ2v) is 5.39. The quantitative estimate of drug-likeness (QED) is 0.356. The maximum absolute atomic E-state index is 12.0. The SMILES string of the molecule is COc1cc(/C=C/C(=O)/C=C/c2cc(N)c(O)c(OC)c2)cc(N)c1O. The van der Waals surface area contributed by atoms with E-state index in [-0.39, 0.29) is 40.2 Å². The molecular weight excluding hydrogens is 336 g/mol. The van der Waals surface area contributed by atoms with E-state index in [1.54, 1.807) is 24.3 Å². The molecule has 0 saturated heterocycles. The molecule has 2 rings (SSSR count). The lowest BCUT2D eigenvalue weighted by atomic mass is 10.1. The summed E-state index contributed by atoms with van der Waals surface area (Å²) >= 11 is 0. The van der Waals surface area contributed by atoms with Crippen molar-refractivity contribution in [1.82, 2.24) is 0 Å². The number of nitrogen functional groups attached to an aromatic ring is 2. The van der Waals surface area contributed by atoms with Crippen LogP contribution in [0, 0.1) is 0 Å². The zero-order valence-electron chi connectivity index (χ0n) is 14.4. The van der Waals surface area contributed by atoms with E-state index in [4.69, 9.17) is 20.9 Å². The van der Waals surface area contributed by atoms with E-state index < -0.39 is 0 Å². The van der Waals surface area contributed by atoms with Crippen molar-refractivity contribution in [3.63, 3.8) is 0 Å². The summed E-state index contributed by atoms with van der Waals surface area (Å²) in [4.78, 5) is 12.0. The molecule has 0 heterocycles. The van der Waals surface area contributed by atoms with Gasteiger partial charge >= 0.3 is 0 Å². The number of benzene rings is 2. The van der Waals surface area contributed by atoms with Crippen LogP contribution in [0.25, 0.3) is 12.2 Å². The molecule has 0 unspecified atom stereocenters. The molecule has 7 heteroatoms. The van der Waals surface area contributed by atoms with Crippen molar-refractivity contribution < 1.29 is 24.5 Å². The number of hydrogen-bond acceptors (Lipinski definition) is 7. The number of anilines is 2. The number of aromatic hydroxyl groups is 2. The molecule has 0 bridgehead atoms. The van der Waals surface area contributed by atoms with Gasteiger partial charge in [0.1, 0.15) is 0 Å². The van der Waals surface area contributed by atoms with E-state index in [1.165, 1.54) is 38.5 Å². The maximum Gasteiger partial charge on any atom is 0.181 e. The van der Waals surface area contributed by atoms with Crippen molar-refractivity contribution in [3.8, 4) is 23.0 Å². The fraction of sp³-hybridized carbons (Fsp3) is 0.105. The highest BCUT2D eigenvalue weighted by Crippen LogP contribution is 2.34. The van der Waals surface area contributed by atoms with Crippen molar-refractivity contribution in [2.24, 2.45) is 0 Å². The molecule has 0 saturated carbocycles. The van der Waals surface area contributed by atoms with Gasteiger partial charge in [0.05, 0.1) is 25.6 Å². The lowest BCUT2D eigenvalue weighted by Gasteiger charge is -2.07. The van der Waals surface area contributed by atoms with Crippen LogP contribution in [0.1, 0.15) is 11.1 Å². The molecule has 0 amide bonds. The van der Waals surface area contributed by atoms with E-state index in [0.717, 1.165) is 0 Å². The Balaban J connectivity index is 2.16. The van der Waals surface area contributed by atoms with Crippen LogP contribution in [-0.2, 0) is 4.79 Å². The van der Waals surface area contributed by atoms with Crippen LogP contribution in [0.15, 0.2) is 36.4 Å². The minimum absolute atomic E-state index is 0.144. The Morgan fingerprint density at radius 1 is 0.846 bits per heavy atom. The van der Waals surface area contributed by atoms with E-state index in [0.29, 0.717) is 11.1 Å². The first-order chi connectivity index (χ1) is 12.3. The van der Waals surface area contributed by atoms with Gasteiger partial charge in [-0.05, 0) is 47.5 Å². The normalized spacial score (nSPS) is 11.2. The van der Waals surface area contributed by atoms with E-state index in [1.807, 2.05) is 0 Å². The summed E-state index contributed by atoms with van der Waals surface area (Å²) < 4.78 is 10.0. The number of nitrogens with two attached hydrogens (primary N) is 2. The van der Waals surface area contributed by atoms with Crippen LogP contribution in [0.5, 0.6) is 23.0 Å². The third-order valence-corrected chi connectivity index (χ3v) is 3.57. The first-order valence-electron chi connectivity index (χ1n) is 7.58. The smallest absolute Gasteiger partial charge is 0.181 e. The largest absolute Gasteiger partial charge is 0.503 e. The summed E-state index contributed by atoms with van der Waals surface area (Å²) in [5.41, 5.74) is 12.9.